The number of carbonyl (C=O) groups is 1. The van der Waals surface area contributed by atoms with Crippen molar-refractivity contribution in [1.29, 1.82) is 0 Å². The van der Waals surface area contributed by atoms with Crippen LogP contribution >= 0.6 is 0 Å². The molecule has 19 heavy (non-hydrogen) atoms. The zero-order valence-electron chi connectivity index (χ0n) is 11.5. The van der Waals surface area contributed by atoms with Crippen LogP contribution in [0.15, 0.2) is 18.2 Å². The maximum Gasteiger partial charge on any atom is 0.224 e. The Kier molecular flexibility index (Phi) is 4.93. The highest BCUT2D eigenvalue weighted by molar-refractivity contribution is 5.93. The number of carbonyl (C=O) groups excluding carboxylic acids is 1. The first-order valence-electron chi connectivity index (χ1n) is 6.90. The summed E-state index contributed by atoms with van der Waals surface area (Å²) < 4.78 is 0. The van der Waals surface area contributed by atoms with Gasteiger partial charge in [0, 0.05) is 31.8 Å². The number of fused-ring (bicyclic) bond motifs is 1. The lowest BCUT2D eigenvalue weighted by Crippen LogP contribution is -2.23. The minimum absolute atomic E-state index is 0.115. The van der Waals surface area contributed by atoms with Crippen LogP contribution < -0.4 is 5.32 Å². The summed E-state index contributed by atoms with van der Waals surface area (Å²) in [5, 5.41) is 11.7. The van der Waals surface area contributed by atoms with Gasteiger partial charge in [0.15, 0.2) is 0 Å². The molecule has 0 aliphatic carbocycles. The third-order valence-electron chi connectivity index (χ3n) is 3.55. The molecule has 1 heterocycles. The molecule has 2 rings (SSSR count). The molecule has 1 aromatic rings. The Labute approximate surface area is 114 Å². The number of aliphatic hydroxyl groups is 1. The number of hydrogen-bond acceptors (Lipinski definition) is 3. The van der Waals surface area contributed by atoms with Gasteiger partial charge in [0.05, 0.1) is 0 Å². The van der Waals surface area contributed by atoms with Crippen LogP contribution in [0.1, 0.15) is 24.0 Å². The fourth-order valence-corrected chi connectivity index (χ4v) is 2.36. The van der Waals surface area contributed by atoms with E-state index in [1.165, 1.54) is 11.1 Å². The largest absolute Gasteiger partial charge is 0.396 e. The van der Waals surface area contributed by atoms with Crippen LogP contribution in [0.5, 0.6) is 0 Å². The standard InChI is InChI=1S/C15H22N2O2/c1-17(8-2-10-18)9-7-12-3-5-14-13(11-12)4-6-15(19)16-14/h3,5,11,18H,2,4,6-10H2,1H3,(H,16,19). The van der Waals surface area contributed by atoms with E-state index in [4.69, 9.17) is 5.11 Å². The van der Waals surface area contributed by atoms with Crippen LogP contribution in [-0.2, 0) is 17.6 Å². The number of rotatable bonds is 6. The van der Waals surface area contributed by atoms with E-state index in [0.717, 1.165) is 38.0 Å². The molecule has 0 saturated heterocycles. The molecule has 0 radical (unpaired) electrons. The maximum absolute atomic E-state index is 11.3. The van der Waals surface area contributed by atoms with Crippen molar-refractivity contribution in [3.8, 4) is 0 Å². The molecule has 104 valence electrons. The summed E-state index contributed by atoms with van der Waals surface area (Å²) in [4.78, 5) is 13.5. The van der Waals surface area contributed by atoms with Gasteiger partial charge in [-0.15, -0.1) is 0 Å². The summed E-state index contributed by atoms with van der Waals surface area (Å²) in [6.45, 7) is 2.17. The number of nitrogens with zero attached hydrogens (tertiary/aromatic N) is 1. The van der Waals surface area contributed by atoms with E-state index in [1.807, 2.05) is 6.07 Å². The van der Waals surface area contributed by atoms with Crippen molar-refractivity contribution in [3.63, 3.8) is 0 Å². The molecule has 1 amide bonds. The Morgan fingerprint density at radius 3 is 2.95 bits per heavy atom. The van der Waals surface area contributed by atoms with Gasteiger partial charge in [-0.3, -0.25) is 4.79 Å². The molecule has 2 N–H and O–H groups in total. The molecule has 1 aromatic carbocycles. The number of nitrogens with one attached hydrogen (secondary N) is 1. The van der Waals surface area contributed by atoms with E-state index in [-0.39, 0.29) is 12.5 Å². The molecule has 1 aliphatic rings. The lowest BCUT2D eigenvalue weighted by atomic mass is 9.99. The summed E-state index contributed by atoms with van der Waals surface area (Å²) in [5.41, 5.74) is 3.52. The van der Waals surface area contributed by atoms with Crippen molar-refractivity contribution in [2.24, 2.45) is 0 Å². The summed E-state index contributed by atoms with van der Waals surface area (Å²) >= 11 is 0. The third-order valence-corrected chi connectivity index (χ3v) is 3.55. The van der Waals surface area contributed by atoms with Crippen LogP contribution in [0.4, 0.5) is 5.69 Å². The van der Waals surface area contributed by atoms with E-state index in [9.17, 15) is 4.79 Å². The molecule has 0 atom stereocenters. The van der Waals surface area contributed by atoms with Gasteiger partial charge in [0.25, 0.3) is 0 Å². The van der Waals surface area contributed by atoms with Gasteiger partial charge in [-0.05, 0) is 43.5 Å². The van der Waals surface area contributed by atoms with Crippen molar-refractivity contribution >= 4 is 11.6 Å². The van der Waals surface area contributed by atoms with Crippen LogP contribution in [-0.4, -0.2) is 42.7 Å². The Bertz CT molecular complexity index is 446. The Morgan fingerprint density at radius 1 is 1.32 bits per heavy atom. The van der Waals surface area contributed by atoms with Gasteiger partial charge in [0.2, 0.25) is 5.91 Å². The third kappa shape index (κ3) is 4.04. The van der Waals surface area contributed by atoms with Crippen molar-refractivity contribution < 1.29 is 9.90 Å². The Balaban J connectivity index is 1.90. The second-order valence-electron chi connectivity index (χ2n) is 5.17. The number of amides is 1. The fraction of sp³-hybridized carbons (Fsp3) is 0.533. The first kappa shape index (κ1) is 14.0. The molecular formula is C15H22N2O2. The highest BCUT2D eigenvalue weighted by atomic mass is 16.3. The number of aryl methyl sites for hydroxylation is 1. The Hall–Kier alpha value is -1.39. The van der Waals surface area contributed by atoms with Gasteiger partial charge < -0.3 is 15.3 Å². The predicted molar refractivity (Wildman–Crippen MR) is 76.3 cm³/mol. The second-order valence-corrected chi connectivity index (χ2v) is 5.17. The minimum Gasteiger partial charge on any atom is -0.396 e. The van der Waals surface area contributed by atoms with Crippen LogP contribution in [0.2, 0.25) is 0 Å². The van der Waals surface area contributed by atoms with Crippen LogP contribution in [0.25, 0.3) is 0 Å². The monoisotopic (exact) mass is 262 g/mol. The predicted octanol–water partition coefficient (Wildman–Crippen LogP) is 1.43. The van der Waals surface area contributed by atoms with Gasteiger partial charge in [-0.25, -0.2) is 0 Å². The Morgan fingerprint density at radius 2 is 2.16 bits per heavy atom. The molecular weight excluding hydrogens is 240 g/mol. The van der Waals surface area contributed by atoms with Crippen LogP contribution in [0.3, 0.4) is 0 Å². The smallest absolute Gasteiger partial charge is 0.224 e. The van der Waals surface area contributed by atoms with Crippen LogP contribution in [0, 0.1) is 0 Å². The summed E-state index contributed by atoms with van der Waals surface area (Å²) in [5.74, 6) is 0.115. The molecule has 0 saturated carbocycles. The SMILES string of the molecule is CN(CCCO)CCc1ccc2c(c1)CCC(=O)N2. The van der Waals surface area contributed by atoms with Gasteiger partial charge in [0.1, 0.15) is 0 Å². The molecule has 1 aliphatic heterocycles. The van der Waals surface area contributed by atoms with Gasteiger partial charge in [-0.2, -0.15) is 0 Å². The van der Waals surface area contributed by atoms with Crippen molar-refractivity contribution in [2.75, 3.05) is 32.1 Å². The van der Waals surface area contributed by atoms with Gasteiger partial charge >= 0.3 is 0 Å². The molecule has 0 aromatic heterocycles. The lowest BCUT2D eigenvalue weighted by Gasteiger charge is -2.19. The zero-order chi connectivity index (χ0) is 13.7. The number of benzene rings is 1. The van der Waals surface area contributed by atoms with E-state index < -0.39 is 0 Å². The van der Waals surface area contributed by atoms with Gasteiger partial charge in [-0.1, -0.05) is 12.1 Å². The maximum atomic E-state index is 11.3. The topological polar surface area (TPSA) is 52.6 Å². The molecule has 0 fully saturated rings. The minimum atomic E-state index is 0.115. The first-order valence-corrected chi connectivity index (χ1v) is 6.90. The summed E-state index contributed by atoms with van der Waals surface area (Å²) in [7, 11) is 2.08. The van der Waals surface area contributed by atoms with E-state index in [1.54, 1.807) is 0 Å². The molecule has 0 spiro atoms. The summed E-state index contributed by atoms with van der Waals surface area (Å²) in [6, 6.07) is 6.30. The number of anilines is 1. The normalized spacial score (nSPS) is 14.4. The average molecular weight is 262 g/mol. The fourth-order valence-electron chi connectivity index (χ4n) is 2.36. The second kappa shape index (κ2) is 6.68. The van der Waals surface area contributed by atoms with Crippen molar-refractivity contribution in [1.82, 2.24) is 4.90 Å². The lowest BCUT2D eigenvalue weighted by molar-refractivity contribution is -0.116. The highest BCUT2D eigenvalue weighted by Crippen LogP contribution is 2.23. The van der Waals surface area contributed by atoms with Crippen molar-refractivity contribution in [2.45, 2.75) is 25.7 Å². The number of likely N-dealkylation sites (N-methyl/N-ethyl adjacent to an activating group) is 1. The highest BCUT2D eigenvalue weighted by Gasteiger charge is 2.14. The van der Waals surface area contributed by atoms with E-state index in [0.29, 0.717) is 6.42 Å². The van der Waals surface area contributed by atoms with Crippen molar-refractivity contribution in [3.05, 3.63) is 29.3 Å². The molecule has 4 nitrogen and oxygen atoms in total. The number of hydrogen-bond donors (Lipinski definition) is 2. The number of aliphatic hydroxyl groups excluding tert-OH is 1. The molecule has 0 unspecified atom stereocenters. The molecule has 4 heteroatoms. The van der Waals surface area contributed by atoms with E-state index in [2.05, 4.69) is 29.4 Å². The average Bonchev–Trinajstić information content (AvgIpc) is 2.42. The quantitative estimate of drug-likeness (QED) is 0.815. The summed E-state index contributed by atoms with van der Waals surface area (Å²) in [6.07, 6.45) is 3.26. The molecule has 0 bridgehead atoms. The van der Waals surface area contributed by atoms with E-state index >= 15 is 0 Å². The zero-order valence-corrected chi connectivity index (χ0v) is 11.5. The first-order chi connectivity index (χ1) is 9.19.